The average molecular weight is 243 g/mol. The van der Waals surface area contributed by atoms with Crippen LogP contribution in [0.4, 0.5) is 0 Å². The third-order valence-electron chi connectivity index (χ3n) is 3.43. The zero-order valence-corrected chi connectivity index (χ0v) is 11.1. The maximum atomic E-state index is 5.69. The van der Waals surface area contributed by atoms with Gasteiger partial charge in [0.25, 0.3) is 0 Å². The van der Waals surface area contributed by atoms with Crippen LogP contribution in [-0.4, -0.2) is 4.98 Å². The molecule has 3 nitrogen and oxygen atoms in total. The molecule has 1 aromatic carbocycles. The van der Waals surface area contributed by atoms with Gasteiger partial charge in [-0.2, -0.15) is 0 Å². The Morgan fingerprint density at radius 1 is 1.22 bits per heavy atom. The number of para-hydroxylation sites is 1. The highest BCUT2D eigenvalue weighted by atomic mass is 15.2. The number of aromatic nitrogens is 1. The van der Waals surface area contributed by atoms with Crippen LogP contribution in [0, 0.1) is 5.92 Å². The lowest BCUT2D eigenvalue weighted by Crippen LogP contribution is -2.33. The number of hydrogen-bond donors (Lipinski definition) is 2. The van der Waals surface area contributed by atoms with Crippen molar-refractivity contribution in [2.24, 2.45) is 11.8 Å². The first kappa shape index (κ1) is 13.0. The third-order valence-corrected chi connectivity index (χ3v) is 3.43. The molecule has 0 radical (unpaired) electrons. The molecule has 18 heavy (non-hydrogen) atoms. The van der Waals surface area contributed by atoms with Gasteiger partial charge in [0.15, 0.2) is 0 Å². The lowest BCUT2D eigenvalue weighted by Gasteiger charge is -2.22. The lowest BCUT2D eigenvalue weighted by molar-refractivity contribution is 0.362. The second-order valence-corrected chi connectivity index (χ2v) is 4.84. The first-order valence-corrected chi connectivity index (χ1v) is 6.58. The van der Waals surface area contributed by atoms with Gasteiger partial charge in [-0.1, -0.05) is 44.5 Å². The van der Waals surface area contributed by atoms with Crippen molar-refractivity contribution in [3.63, 3.8) is 0 Å². The Bertz CT molecular complexity index is 510. The van der Waals surface area contributed by atoms with Gasteiger partial charge in [-0.05, 0) is 24.5 Å². The van der Waals surface area contributed by atoms with Crippen LogP contribution in [0.1, 0.15) is 38.4 Å². The number of hydrazine groups is 1. The van der Waals surface area contributed by atoms with Crippen molar-refractivity contribution in [3.05, 3.63) is 42.1 Å². The summed E-state index contributed by atoms with van der Waals surface area (Å²) >= 11 is 0. The van der Waals surface area contributed by atoms with Gasteiger partial charge in [0.05, 0.1) is 17.3 Å². The highest BCUT2D eigenvalue weighted by molar-refractivity contribution is 5.78. The second-order valence-electron chi connectivity index (χ2n) is 4.84. The normalized spacial score (nSPS) is 14.6. The van der Waals surface area contributed by atoms with Crippen LogP contribution < -0.4 is 11.3 Å². The van der Waals surface area contributed by atoms with E-state index in [2.05, 4.69) is 37.5 Å². The lowest BCUT2D eigenvalue weighted by atomic mass is 9.94. The summed E-state index contributed by atoms with van der Waals surface area (Å²) in [5.74, 6) is 6.17. The molecule has 96 valence electrons. The molecule has 0 amide bonds. The quantitative estimate of drug-likeness (QED) is 0.626. The van der Waals surface area contributed by atoms with Gasteiger partial charge in [-0.3, -0.25) is 16.3 Å². The summed E-state index contributed by atoms with van der Waals surface area (Å²) < 4.78 is 0. The molecule has 0 saturated heterocycles. The smallest absolute Gasteiger partial charge is 0.0706 e. The predicted octanol–water partition coefficient (Wildman–Crippen LogP) is 3.18. The Morgan fingerprint density at radius 2 is 2.00 bits per heavy atom. The van der Waals surface area contributed by atoms with E-state index in [0.717, 1.165) is 24.1 Å². The molecule has 1 heterocycles. The van der Waals surface area contributed by atoms with E-state index in [1.165, 1.54) is 5.39 Å². The molecule has 3 heteroatoms. The zero-order valence-electron chi connectivity index (χ0n) is 11.1. The SMILES string of the molecule is CCCC(C)C(NN)c1ccc2ccccc2n1. The first-order chi connectivity index (χ1) is 8.76. The van der Waals surface area contributed by atoms with E-state index < -0.39 is 0 Å². The Labute approximate surface area is 108 Å². The molecule has 0 saturated carbocycles. The van der Waals surface area contributed by atoms with Gasteiger partial charge in [-0.15, -0.1) is 0 Å². The number of hydrogen-bond acceptors (Lipinski definition) is 3. The van der Waals surface area contributed by atoms with Gasteiger partial charge in [-0.25, -0.2) is 0 Å². The Kier molecular flexibility index (Phi) is 4.28. The molecule has 0 bridgehead atoms. The van der Waals surface area contributed by atoms with Gasteiger partial charge in [0.1, 0.15) is 0 Å². The summed E-state index contributed by atoms with van der Waals surface area (Å²) in [4.78, 5) is 4.71. The second kappa shape index (κ2) is 5.94. The molecule has 2 atom stereocenters. The molecule has 0 aliphatic carbocycles. The van der Waals surface area contributed by atoms with Crippen LogP contribution in [0.3, 0.4) is 0 Å². The number of rotatable bonds is 5. The van der Waals surface area contributed by atoms with Crippen LogP contribution in [0.5, 0.6) is 0 Å². The van der Waals surface area contributed by atoms with Crippen molar-refractivity contribution < 1.29 is 0 Å². The monoisotopic (exact) mass is 243 g/mol. The number of benzene rings is 1. The largest absolute Gasteiger partial charge is 0.271 e. The van der Waals surface area contributed by atoms with Crippen molar-refractivity contribution in [3.8, 4) is 0 Å². The van der Waals surface area contributed by atoms with E-state index in [4.69, 9.17) is 10.8 Å². The van der Waals surface area contributed by atoms with Crippen molar-refractivity contribution in [2.75, 3.05) is 0 Å². The van der Waals surface area contributed by atoms with Crippen LogP contribution in [0.25, 0.3) is 10.9 Å². The topological polar surface area (TPSA) is 50.9 Å². The molecule has 1 aromatic heterocycles. The number of nitrogens with one attached hydrogen (secondary N) is 1. The van der Waals surface area contributed by atoms with Gasteiger partial charge >= 0.3 is 0 Å². The molecule has 0 spiro atoms. The van der Waals surface area contributed by atoms with Crippen molar-refractivity contribution in [1.29, 1.82) is 0 Å². The maximum Gasteiger partial charge on any atom is 0.0706 e. The highest BCUT2D eigenvalue weighted by Gasteiger charge is 2.18. The van der Waals surface area contributed by atoms with E-state index in [0.29, 0.717) is 5.92 Å². The minimum absolute atomic E-state index is 0.120. The summed E-state index contributed by atoms with van der Waals surface area (Å²) in [6.07, 6.45) is 2.30. The molecule has 0 aliphatic rings. The minimum atomic E-state index is 0.120. The van der Waals surface area contributed by atoms with Gasteiger partial charge in [0.2, 0.25) is 0 Å². The average Bonchev–Trinajstić information content (AvgIpc) is 2.40. The maximum absolute atomic E-state index is 5.69. The van der Waals surface area contributed by atoms with Crippen molar-refractivity contribution >= 4 is 10.9 Å². The molecule has 3 N–H and O–H groups in total. The van der Waals surface area contributed by atoms with E-state index >= 15 is 0 Å². The van der Waals surface area contributed by atoms with E-state index in [-0.39, 0.29) is 6.04 Å². The Balaban J connectivity index is 2.33. The summed E-state index contributed by atoms with van der Waals surface area (Å²) in [6.45, 7) is 4.41. The molecule has 0 aliphatic heterocycles. The Morgan fingerprint density at radius 3 is 2.72 bits per heavy atom. The third kappa shape index (κ3) is 2.68. The fourth-order valence-corrected chi connectivity index (χ4v) is 2.42. The van der Waals surface area contributed by atoms with Crippen LogP contribution in [0.15, 0.2) is 36.4 Å². The van der Waals surface area contributed by atoms with Crippen molar-refractivity contribution in [1.82, 2.24) is 10.4 Å². The standard InChI is InChI=1S/C15H21N3/c1-3-6-11(2)15(18-16)14-10-9-12-7-4-5-8-13(12)17-14/h4-5,7-11,15,18H,3,6,16H2,1-2H3. The predicted molar refractivity (Wildman–Crippen MR) is 75.9 cm³/mol. The molecule has 0 fully saturated rings. The molecule has 2 aromatic rings. The number of nitrogens with zero attached hydrogens (tertiary/aromatic N) is 1. The highest BCUT2D eigenvalue weighted by Crippen LogP contribution is 2.25. The summed E-state index contributed by atoms with van der Waals surface area (Å²) in [5, 5.41) is 1.17. The minimum Gasteiger partial charge on any atom is -0.271 e. The van der Waals surface area contributed by atoms with E-state index in [1.54, 1.807) is 0 Å². The van der Waals surface area contributed by atoms with Gasteiger partial charge in [0, 0.05) is 5.39 Å². The summed E-state index contributed by atoms with van der Waals surface area (Å²) in [7, 11) is 0. The fraction of sp³-hybridized carbons (Fsp3) is 0.400. The van der Waals surface area contributed by atoms with Gasteiger partial charge < -0.3 is 0 Å². The van der Waals surface area contributed by atoms with E-state index in [1.807, 2.05) is 18.2 Å². The number of nitrogens with two attached hydrogens (primary N) is 1. The molecular formula is C15H21N3. The molecule has 2 unspecified atom stereocenters. The summed E-state index contributed by atoms with van der Waals surface area (Å²) in [5.41, 5.74) is 4.96. The number of pyridine rings is 1. The van der Waals surface area contributed by atoms with Crippen molar-refractivity contribution in [2.45, 2.75) is 32.7 Å². The zero-order chi connectivity index (χ0) is 13.0. The first-order valence-electron chi connectivity index (χ1n) is 6.58. The van der Waals surface area contributed by atoms with E-state index in [9.17, 15) is 0 Å². The molecular weight excluding hydrogens is 222 g/mol. The van der Waals surface area contributed by atoms with Crippen LogP contribution in [-0.2, 0) is 0 Å². The van der Waals surface area contributed by atoms with Crippen LogP contribution in [0.2, 0.25) is 0 Å². The number of fused-ring (bicyclic) bond motifs is 1. The molecule has 2 rings (SSSR count). The summed E-state index contributed by atoms with van der Waals surface area (Å²) in [6, 6.07) is 12.5. The Hall–Kier alpha value is -1.45. The fourth-order valence-electron chi connectivity index (χ4n) is 2.42. The van der Waals surface area contributed by atoms with Crippen LogP contribution >= 0.6 is 0 Å².